The SMILES string of the molecule is Nc1cc(Cl)c(C(=O)Nc2ccc(Cl)c(N)c2Cl)cc1Cl. The molecule has 2 aromatic rings. The molecule has 0 spiro atoms. The van der Waals surface area contributed by atoms with Crippen molar-refractivity contribution in [3.8, 4) is 0 Å². The lowest BCUT2D eigenvalue weighted by atomic mass is 10.2. The Morgan fingerprint density at radius 1 is 0.952 bits per heavy atom. The predicted octanol–water partition coefficient (Wildman–Crippen LogP) is 4.72. The van der Waals surface area contributed by atoms with Gasteiger partial charge in [-0.3, -0.25) is 4.79 Å². The fraction of sp³-hybridized carbons (Fsp3) is 0. The van der Waals surface area contributed by atoms with Crippen LogP contribution in [0.4, 0.5) is 17.1 Å². The van der Waals surface area contributed by atoms with Gasteiger partial charge in [0, 0.05) is 0 Å². The second-order valence-electron chi connectivity index (χ2n) is 4.13. The zero-order valence-corrected chi connectivity index (χ0v) is 13.4. The first-order valence-corrected chi connectivity index (χ1v) is 7.11. The van der Waals surface area contributed by atoms with Gasteiger partial charge >= 0.3 is 0 Å². The van der Waals surface area contributed by atoms with Gasteiger partial charge in [-0.25, -0.2) is 0 Å². The van der Waals surface area contributed by atoms with Gasteiger partial charge in [0.25, 0.3) is 5.91 Å². The molecule has 0 unspecified atom stereocenters. The van der Waals surface area contributed by atoms with Gasteiger partial charge in [-0.1, -0.05) is 46.4 Å². The molecule has 2 rings (SSSR count). The molecule has 110 valence electrons. The van der Waals surface area contributed by atoms with Gasteiger partial charge in [0.1, 0.15) is 0 Å². The molecule has 0 heterocycles. The summed E-state index contributed by atoms with van der Waals surface area (Å²) in [6.45, 7) is 0. The second kappa shape index (κ2) is 6.20. The molecule has 4 nitrogen and oxygen atoms in total. The molecule has 0 aliphatic carbocycles. The van der Waals surface area contributed by atoms with Crippen LogP contribution in [0.15, 0.2) is 24.3 Å². The smallest absolute Gasteiger partial charge is 0.257 e. The molecule has 8 heteroatoms. The van der Waals surface area contributed by atoms with Crippen LogP contribution >= 0.6 is 46.4 Å². The van der Waals surface area contributed by atoms with Crippen molar-refractivity contribution in [3.05, 3.63) is 49.9 Å². The lowest BCUT2D eigenvalue weighted by Gasteiger charge is -2.11. The molecule has 0 bridgehead atoms. The highest BCUT2D eigenvalue weighted by atomic mass is 35.5. The average Bonchev–Trinajstić information content (AvgIpc) is 2.43. The number of rotatable bonds is 2. The van der Waals surface area contributed by atoms with Crippen LogP contribution in [-0.2, 0) is 0 Å². The van der Waals surface area contributed by atoms with Crippen LogP contribution < -0.4 is 16.8 Å². The van der Waals surface area contributed by atoms with Gasteiger partial charge in [-0.05, 0) is 24.3 Å². The van der Waals surface area contributed by atoms with E-state index in [-0.39, 0.29) is 32.0 Å². The van der Waals surface area contributed by atoms with Gasteiger partial charge in [-0.15, -0.1) is 0 Å². The van der Waals surface area contributed by atoms with E-state index in [0.29, 0.717) is 10.7 Å². The summed E-state index contributed by atoms with van der Waals surface area (Å²) in [5.74, 6) is -0.495. The molecule has 0 saturated heterocycles. The van der Waals surface area contributed by atoms with E-state index >= 15 is 0 Å². The molecule has 0 radical (unpaired) electrons. The zero-order chi connectivity index (χ0) is 15.7. The summed E-state index contributed by atoms with van der Waals surface area (Å²) in [6, 6.07) is 5.83. The molecule has 5 N–H and O–H groups in total. The van der Waals surface area contributed by atoms with Gasteiger partial charge in [0.2, 0.25) is 0 Å². The molecule has 21 heavy (non-hydrogen) atoms. The van der Waals surface area contributed by atoms with Crippen LogP contribution in [-0.4, -0.2) is 5.91 Å². The average molecular weight is 365 g/mol. The minimum absolute atomic E-state index is 0.147. The minimum Gasteiger partial charge on any atom is -0.397 e. The standard InChI is InChI=1S/C13H9Cl4N3O/c14-6-1-2-10(11(17)12(6)19)20-13(21)5-3-8(16)9(18)4-7(5)15/h1-4H,18-19H2,(H,20,21). The van der Waals surface area contributed by atoms with E-state index in [1.807, 2.05) is 0 Å². The van der Waals surface area contributed by atoms with E-state index < -0.39 is 5.91 Å². The molecule has 0 fully saturated rings. The van der Waals surface area contributed by atoms with Gasteiger partial charge in [0.05, 0.1) is 42.7 Å². The first kappa shape index (κ1) is 16.0. The Morgan fingerprint density at radius 3 is 2.29 bits per heavy atom. The number of nitrogens with one attached hydrogen (secondary N) is 1. The van der Waals surface area contributed by atoms with Gasteiger partial charge in [0.15, 0.2) is 0 Å². The fourth-order valence-corrected chi connectivity index (χ4v) is 2.43. The highest BCUT2D eigenvalue weighted by molar-refractivity contribution is 6.41. The molecule has 2 aromatic carbocycles. The number of nitrogens with two attached hydrogens (primary N) is 2. The zero-order valence-electron chi connectivity index (χ0n) is 10.4. The summed E-state index contributed by atoms with van der Waals surface area (Å²) < 4.78 is 0. The van der Waals surface area contributed by atoms with E-state index in [9.17, 15) is 4.79 Å². The molecular formula is C13H9Cl4N3O. The Kier molecular flexibility index (Phi) is 4.74. The number of anilines is 3. The van der Waals surface area contributed by atoms with Crippen molar-refractivity contribution in [3.63, 3.8) is 0 Å². The van der Waals surface area contributed by atoms with Crippen molar-refractivity contribution < 1.29 is 4.79 Å². The Morgan fingerprint density at radius 2 is 1.62 bits per heavy atom. The van der Waals surface area contributed by atoms with Crippen LogP contribution in [0, 0.1) is 0 Å². The third-order valence-electron chi connectivity index (χ3n) is 2.71. The number of benzene rings is 2. The van der Waals surface area contributed by atoms with Crippen LogP contribution in [0.3, 0.4) is 0 Å². The third kappa shape index (κ3) is 3.30. The van der Waals surface area contributed by atoms with E-state index in [2.05, 4.69) is 5.32 Å². The normalized spacial score (nSPS) is 10.5. The van der Waals surface area contributed by atoms with Crippen LogP contribution in [0.25, 0.3) is 0 Å². The maximum atomic E-state index is 12.2. The first-order valence-electron chi connectivity index (χ1n) is 5.60. The van der Waals surface area contributed by atoms with E-state index in [1.165, 1.54) is 24.3 Å². The highest BCUT2D eigenvalue weighted by Crippen LogP contribution is 2.34. The summed E-state index contributed by atoms with van der Waals surface area (Å²) in [6.07, 6.45) is 0. The summed E-state index contributed by atoms with van der Waals surface area (Å²) >= 11 is 23.7. The lowest BCUT2D eigenvalue weighted by molar-refractivity contribution is 0.102. The lowest BCUT2D eigenvalue weighted by Crippen LogP contribution is -2.13. The van der Waals surface area contributed by atoms with Crippen molar-refractivity contribution in [2.75, 3.05) is 16.8 Å². The van der Waals surface area contributed by atoms with E-state index in [4.69, 9.17) is 57.9 Å². The van der Waals surface area contributed by atoms with Crippen LogP contribution in [0.5, 0.6) is 0 Å². The quantitative estimate of drug-likeness (QED) is 0.674. The fourth-order valence-electron chi connectivity index (χ4n) is 1.59. The van der Waals surface area contributed by atoms with Crippen molar-refractivity contribution in [2.45, 2.75) is 0 Å². The minimum atomic E-state index is -0.495. The Labute approximate surface area is 140 Å². The predicted molar refractivity (Wildman–Crippen MR) is 89.7 cm³/mol. The number of hydrogen-bond acceptors (Lipinski definition) is 3. The Hall–Kier alpha value is -1.33. The van der Waals surface area contributed by atoms with Crippen molar-refractivity contribution >= 4 is 69.4 Å². The number of amides is 1. The van der Waals surface area contributed by atoms with E-state index in [1.54, 1.807) is 0 Å². The molecule has 0 aliphatic rings. The molecule has 1 amide bonds. The number of nitrogen functional groups attached to an aromatic ring is 2. The van der Waals surface area contributed by atoms with Gasteiger partial charge in [-0.2, -0.15) is 0 Å². The molecule has 0 atom stereocenters. The molecule has 0 aliphatic heterocycles. The number of hydrogen-bond donors (Lipinski definition) is 3. The Balaban J connectivity index is 2.35. The molecule has 0 aromatic heterocycles. The molecule has 0 saturated carbocycles. The second-order valence-corrected chi connectivity index (χ2v) is 5.73. The Bertz CT molecular complexity index is 734. The largest absolute Gasteiger partial charge is 0.397 e. The molecular weight excluding hydrogens is 356 g/mol. The monoisotopic (exact) mass is 363 g/mol. The van der Waals surface area contributed by atoms with E-state index in [0.717, 1.165) is 0 Å². The number of carbonyl (C=O) groups is 1. The first-order chi connectivity index (χ1) is 9.81. The number of carbonyl (C=O) groups excluding carboxylic acids is 1. The summed E-state index contributed by atoms with van der Waals surface area (Å²) in [7, 11) is 0. The number of halogens is 4. The van der Waals surface area contributed by atoms with Crippen molar-refractivity contribution in [1.82, 2.24) is 0 Å². The maximum Gasteiger partial charge on any atom is 0.257 e. The topological polar surface area (TPSA) is 81.1 Å². The van der Waals surface area contributed by atoms with Crippen LogP contribution in [0.1, 0.15) is 10.4 Å². The van der Waals surface area contributed by atoms with Gasteiger partial charge < -0.3 is 16.8 Å². The van der Waals surface area contributed by atoms with Crippen molar-refractivity contribution in [2.24, 2.45) is 0 Å². The third-order valence-corrected chi connectivity index (χ3v) is 4.08. The van der Waals surface area contributed by atoms with Crippen molar-refractivity contribution in [1.29, 1.82) is 0 Å². The summed E-state index contributed by atoms with van der Waals surface area (Å²) in [5.41, 5.74) is 12.2. The highest BCUT2D eigenvalue weighted by Gasteiger charge is 2.16. The van der Waals surface area contributed by atoms with Crippen LogP contribution in [0.2, 0.25) is 20.1 Å². The maximum absolute atomic E-state index is 12.2. The summed E-state index contributed by atoms with van der Waals surface area (Å²) in [5, 5.41) is 3.43. The summed E-state index contributed by atoms with van der Waals surface area (Å²) in [4.78, 5) is 12.2.